The number of H-pyrrole nitrogens is 1. The Morgan fingerprint density at radius 3 is 2.51 bits per heavy atom. The number of ether oxygens (including phenoxy) is 1. The van der Waals surface area contributed by atoms with Gasteiger partial charge >= 0.3 is 6.18 Å². The highest BCUT2D eigenvalue weighted by Gasteiger charge is 2.37. The van der Waals surface area contributed by atoms with Gasteiger partial charge in [-0.1, -0.05) is 39.8 Å². The van der Waals surface area contributed by atoms with Crippen LogP contribution in [0.4, 0.5) is 18.9 Å². The first-order valence-corrected chi connectivity index (χ1v) is 13.1. The van der Waals surface area contributed by atoms with Crippen LogP contribution < -0.4 is 5.32 Å². The van der Waals surface area contributed by atoms with Crippen molar-refractivity contribution in [3.05, 3.63) is 65.9 Å². The number of imidazole rings is 1. The summed E-state index contributed by atoms with van der Waals surface area (Å²) in [7, 11) is 0. The third-order valence-electron chi connectivity index (χ3n) is 5.72. The summed E-state index contributed by atoms with van der Waals surface area (Å²) in [6.45, 7) is 15.4. The Morgan fingerprint density at radius 1 is 1.18 bits per heavy atom. The molecule has 0 saturated heterocycles. The molecule has 0 aliphatic heterocycles. The number of hydrogen-bond acceptors (Lipinski definition) is 5. The number of carbonyl (C=O) groups is 1. The van der Waals surface area contributed by atoms with Crippen LogP contribution in [0.1, 0.15) is 81.3 Å². The number of ketones is 1. The highest BCUT2D eigenvalue weighted by atomic mass is 19.4. The number of carbonyl (C=O) groups excluding carboxylic acids is 1. The molecule has 39 heavy (non-hydrogen) atoms. The van der Waals surface area contributed by atoms with Gasteiger partial charge in [0.05, 0.1) is 29.3 Å². The molecule has 0 amide bonds. The van der Waals surface area contributed by atoms with Gasteiger partial charge in [-0.05, 0) is 56.9 Å². The summed E-state index contributed by atoms with van der Waals surface area (Å²) in [5, 5.41) is 8.70. The molecule has 3 aromatic rings. The Morgan fingerprint density at radius 2 is 1.92 bits per heavy atom. The minimum atomic E-state index is -4.58. The third kappa shape index (κ3) is 8.68. The second-order valence-corrected chi connectivity index (χ2v) is 8.83. The van der Waals surface area contributed by atoms with Crippen LogP contribution in [0.25, 0.3) is 23.2 Å². The van der Waals surface area contributed by atoms with Crippen LogP contribution in [0.3, 0.4) is 0 Å². The second kappa shape index (κ2) is 15.1. The van der Waals surface area contributed by atoms with E-state index >= 15 is 0 Å². The molecule has 0 atom stereocenters. The van der Waals surface area contributed by atoms with Gasteiger partial charge in [-0.25, -0.2) is 4.98 Å². The molecular weight excluding hydrogens is 507 g/mol. The van der Waals surface area contributed by atoms with E-state index in [1.807, 2.05) is 18.1 Å². The smallest absolute Gasteiger partial charge is 0.381 e. The number of benzene rings is 1. The van der Waals surface area contributed by atoms with Crippen LogP contribution in [0.15, 0.2) is 43.2 Å². The van der Waals surface area contributed by atoms with Gasteiger partial charge in [-0.15, -0.1) is 0 Å². The first-order chi connectivity index (χ1) is 18.6. The predicted octanol–water partition coefficient (Wildman–Crippen LogP) is 7.84. The van der Waals surface area contributed by atoms with Crippen LogP contribution in [-0.4, -0.2) is 38.7 Å². The quantitative estimate of drug-likeness (QED) is 0.179. The van der Waals surface area contributed by atoms with E-state index in [0.717, 1.165) is 31.4 Å². The number of rotatable bonds is 12. The molecule has 7 nitrogen and oxygen atoms in total. The molecule has 0 aliphatic carbocycles. The predicted molar refractivity (Wildman–Crippen MR) is 150 cm³/mol. The maximum Gasteiger partial charge on any atom is 0.433 e. The van der Waals surface area contributed by atoms with Gasteiger partial charge in [0, 0.05) is 30.7 Å². The first kappa shape index (κ1) is 31.6. The number of unbranched alkanes of at least 4 members (excludes halogenated alkanes) is 1. The maximum absolute atomic E-state index is 13.3. The van der Waals surface area contributed by atoms with Gasteiger partial charge < -0.3 is 10.1 Å². The third-order valence-corrected chi connectivity index (χ3v) is 5.72. The molecule has 0 unspecified atom stereocenters. The van der Waals surface area contributed by atoms with Gasteiger partial charge in [0.1, 0.15) is 5.69 Å². The normalized spacial score (nSPS) is 11.4. The van der Waals surface area contributed by atoms with E-state index < -0.39 is 11.9 Å². The molecular formula is C29H38F3N5O2. The van der Waals surface area contributed by atoms with Crippen molar-refractivity contribution in [1.82, 2.24) is 19.7 Å². The first-order valence-electron chi connectivity index (χ1n) is 13.1. The maximum atomic E-state index is 13.3. The Hall–Kier alpha value is -3.66. The number of aromatic nitrogens is 4. The van der Waals surface area contributed by atoms with E-state index in [1.54, 1.807) is 31.3 Å². The van der Waals surface area contributed by atoms with Crippen LogP contribution in [-0.2, 0) is 17.3 Å². The molecule has 212 valence electrons. The summed E-state index contributed by atoms with van der Waals surface area (Å²) in [6, 6.07) is 5.34. The number of Topliss-reactive ketones (excluding diaryl/α,β-unsaturated/α-hetero) is 1. The summed E-state index contributed by atoms with van der Waals surface area (Å²) >= 11 is 0. The number of aryl methyl sites for hydroxylation is 1. The zero-order chi connectivity index (χ0) is 29.0. The van der Waals surface area contributed by atoms with Crippen molar-refractivity contribution in [3.63, 3.8) is 0 Å². The zero-order valence-corrected chi connectivity index (χ0v) is 23.3. The van der Waals surface area contributed by atoms with E-state index in [9.17, 15) is 18.0 Å². The highest BCUT2D eigenvalue weighted by molar-refractivity contribution is 5.96. The molecule has 0 fully saturated rings. The highest BCUT2D eigenvalue weighted by Crippen LogP contribution is 2.36. The van der Waals surface area contributed by atoms with E-state index in [4.69, 9.17) is 4.74 Å². The molecule has 2 N–H and O–H groups in total. The summed E-state index contributed by atoms with van der Waals surface area (Å²) < 4.78 is 46.7. The van der Waals surface area contributed by atoms with Gasteiger partial charge in [0.15, 0.2) is 11.6 Å². The van der Waals surface area contributed by atoms with E-state index in [2.05, 4.69) is 35.8 Å². The molecule has 0 bridgehead atoms. The fourth-order valence-electron chi connectivity index (χ4n) is 3.81. The lowest BCUT2D eigenvalue weighted by atomic mass is 10.0. The molecule has 0 radical (unpaired) electrons. The Bertz CT molecular complexity index is 1250. The molecule has 1 aromatic carbocycles. The Labute approximate surface area is 228 Å². The molecule has 0 spiro atoms. The van der Waals surface area contributed by atoms with E-state index in [0.29, 0.717) is 29.2 Å². The van der Waals surface area contributed by atoms with Crippen LogP contribution >= 0.6 is 0 Å². The molecule has 10 heteroatoms. The lowest BCUT2D eigenvalue weighted by Crippen LogP contribution is -2.09. The number of nitrogens with one attached hydrogen (secondary N) is 2. The van der Waals surface area contributed by atoms with Gasteiger partial charge in [-0.3, -0.25) is 14.5 Å². The number of hydrogen-bond donors (Lipinski definition) is 2. The summed E-state index contributed by atoms with van der Waals surface area (Å²) in [5.41, 5.74) is 1.78. The minimum absolute atomic E-state index is 0.0175. The molecule has 2 heterocycles. The topological polar surface area (TPSA) is 84.8 Å². The van der Waals surface area contributed by atoms with Crippen LogP contribution in [0, 0.1) is 0 Å². The van der Waals surface area contributed by atoms with Gasteiger partial charge in [0.2, 0.25) is 0 Å². The Balaban J connectivity index is 0.000000580. The van der Waals surface area contributed by atoms with E-state index in [-0.39, 0.29) is 17.0 Å². The summed E-state index contributed by atoms with van der Waals surface area (Å²) in [6.07, 6.45) is 5.44. The minimum Gasteiger partial charge on any atom is -0.381 e. The number of anilines is 1. The van der Waals surface area contributed by atoms with Crippen LogP contribution in [0.5, 0.6) is 0 Å². The van der Waals surface area contributed by atoms with Gasteiger partial charge in [-0.2, -0.15) is 18.3 Å². The van der Waals surface area contributed by atoms with Crippen molar-refractivity contribution < 1.29 is 22.7 Å². The van der Waals surface area contributed by atoms with Crippen molar-refractivity contribution in [2.45, 2.75) is 66.5 Å². The lowest BCUT2D eigenvalue weighted by molar-refractivity contribution is -0.140. The van der Waals surface area contributed by atoms with Crippen molar-refractivity contribution in [2.24, 2.45) is 0 Å². The number of aromatic amines is 1. The van der Waals surface area contributed by atoms with Crippen molar-refractivity contribution >= 4 is 23.4 Å². The standard InChI is InChI=1S/C22H22F3N5O.C7H16O/c1-5-9-30-19(18-11-27-29-20(18)22(23,24)25)12-26-21(30)13(3)28-16-7-8-17(14(4)31)15(6-2)10-16;1-3-5-7-8-6-4-2/h5,7-12,28H,3,6H2,1-2,4H3,(H,27,29);3-7H2,1-2H3/b9-5-;. The average Bonchev–Trinajstić information content (AvgIpc) is 3.54. The zero-order valence-electron chi connectivity index (χ0n) is 23.3. The van der Waals surface area contributed by atoms with Gasteiger partial charge in [0.25, 0.3) is 0 Å². The lowest BCUT2D eigenvalue weighted by Gasteiger charge is -2.14. The van der Waals surface area contributed by atoms with E-state index in [1.165, 1.54) is 30.5 Å². The molecule has 0 saturated carbocycles. The summed E-state index contributed by atoms with van der Waals surface area (Å²) in [4.78, 5) is 16.0. The fraction of sp³-hybridized carbons (Fsp3) is 0.414. The average molecular weight is 546 g/mol. The number of alkyl halides is 3. The molecule has 3 rings (SSSR count). The Kier molecular flexibility index (Phi) is 12.2. The molecule has 2 aromatic heterocycles. The number of halogens is 3. The van der Waals surface area contributed by atoms with Crippen molar-refractivity contribution in [3.8, 4) is 11.3 Å². The fourth-order valence-corrected chi connectivity index (χ4v) is 3.81. The van der Waals surface area contributed by atoms with Crippen LogP contribution in [0.2, 0.25) is 0 Å². The monoisotopic (exact) mass is 545 g/mol. The number of nitrogens with zero attached hydrogens (tertiary/aromatic N) is 3. The second-order valence-electron chi connectivity index (χ2n) is 8.83. The largest absolute Gasteiger partial charge is 0.433 e. The van der Waals surface area contributed by atoms with Crippen molar-refractivity contribution in [2.75, 3.05) is 18.5 Å². The SMILES string of the molecule is C=C(Nc1ccc(C(C)=O)c(CC)c1)c1ncc(-c2cn[nH]c2C(F)(F)F)n1/C=C\C.CCCCOCCC. The van der Waals surface area contributed by atoms with Crippen molar-refractivity contribution in [1.29, 1.82) is 0 Å². The summed E-state index contributed by atoms with van der Waals surface area (Å²) in [5.74, 6) is 0.326. The number of allylic oxidation sites excluding steroid dienone is 1. The molecule has 0 aliphatic rings.